The third kappa shape index (κ3) is 3.12. The minimum atomic E-state index is 0.724. The van der Waals surface area contributed by atoms with Gasteiger partial charge in [-0.3, -0.25) is 4.79 Å². The average molecular weight is 213 g/mol. The Balaban J connectivity index is 2.43. The van der Waals surface area contributed by atoms with Crippen LogP contribution >= 0.6 is 11.3 Å². The van der Waals surface area contributed by atoms with Gasteiger partial charge >= 0.3 is 0 Å². The van der Waals surface area contributed by atoms with Gasteiger partial charge in [0.15, 0.2) is 6.29 Å². The predicted molar refractivity (Wildman–Crippen MR) is 59.5 cm³/mol. The number of ether oxygens (including phenoxy) is 1. The Hall–Kier alpha value is -0.870. The summed E-state index contributed by atoms with van der Waals surface area (Å²) in [7, 11) is 2.00. The molecular formula is C10H15NO2S. The summed E-state index contributed by atoms with van der Waals surface area (Å²) < 4.78 is 5.25. The van der Waals surface area contributed by atoms with E-state index in [0.717, 1.165) is 35.9 Å². The Bertz CT molecular complexity index is 285. The average Bonchev–Trinajstić information content (AvgIpc) is 2.66. The van der Waals surface area contributed by atoms with Crippen LogP contribution in [0.25, 0.3) is 0 Å². The van der Waals surface area contributed by atoms with Crippen LogP contribution < -0.4 is 4.90 Å². The molecule has 0 N–H and O–H groups in total. The van der Waals surface area contributed by atoms with E-state index in [2.05, 4.69) is 4.90 Å². The zero-order valence-corrected chi connectivity index (χ0v) is 9.34. The van der Waals surface area contributed by atoms with Crippen LogP contribution in [-0.4, -0.2) is 33.1 Å². The van der Waals surface area contributed by atoms with Gasteiger partial charge in [-0.25, -0.2) is 0 Å². The second-order valence-electron chi connectivity index (χ2n) is 2.91. The van der Waals surface area contributed by atoms with Crippen molar-refractivity contribution >= 4 is 22.6 Å². The van der Waals surface area contributed by atoms with E-state index >= 15 is 0 Å². The van der Waals surface area contributed by atoms with Gasteiger partial charge in [-0.2, -0.15) is 0 Å². The molecule has 0 radical (unpaired) electrons. The zero-order chi connectivity index (χ0) is 10.4. The maximum Gasteiger partial charge on any atom is 0.160 e. The highest BCUT2D eigenvalue weighted by Crippen LogP contribution is 2.23. The lowest BCUT2D eigenvalue weighted by atomic mass is 10.5. The summed E-state index contributed by atoms with van der Waals surface area (Å²) in [5.74, 6) is 0. The molecule has 0 saturated carbocycles. The van der Waals surface area contributed by atoms with Gasteiger partial charge in [0.05, 0.1) is 16.5 Å². The number of carbonyl (C=O) groups is 1. The molecule has 0 bridgehead atoms. The summed E-state index contributed by atoms with van der Waals surface area (Å²) in [6.45, 7) is 4.31. The first kappa shape index (κ1) is 11.2. The van der Waals surface area contributed by atoms with E-state index < -0.39 is 0 Å². The zero-order valence-electron chi connectivity index (χ0n) is 8.53. The number of likely N-dealkylation sites (N-methyl/N-ethyl adjacent to an activating group) is 1. The van der Waals surface area contributed by atoms with Crippen molar-refractivity contribution in [2.75, 3.05) is 31.7 Å². The molecule has 1 rings (SSSR count). The second-order valence-corrected chi connectivity index (χ2v) is 4.01. The molecule has 0 spiro atoms. The van der Waals surface area contributed by atoms with Crippen LogP contribution in [0.2, 0.25) is 0 Å². The number of thiophene rings is 1. The maximum absolute atomic E-state index is 10.5. The molecule has 0 amide bonds. The quantitative estimate of drug-likeness (QED) is 0.535. The van der Waals surface area contributed by atoms with Crippen LogP contribution in [0.4, 0.5) is 5.00 Å². The number of hydrogen-bond acceptors (Lipinski definition) is 4. The molecule has 0 atom stereocenters. The van der Waals surface area contributed by atoms with E-state index in [1.165, 1.54) is 11.3 Å². The number of carbonyl (C=O) groups excluding carboxylic acids is 1. The molecule has 3 nitrogen and oxygen atoms in total. The largest absolute Gasteiger partial charge is 0.380 e. The van der Waals surface area contributed by atoms with E-state index in [1.54, 1.807) is 0 Å². The lowest BCUT2D eigenvalue weighted by Crippen LogP contribution is -2.21. The van der Waals surface area contributed by atoms with Crippen molar-refractivity contribution in [3.63, 3.8) is 0 Å². The summed E-state index contributed by atoms with van der Waals surface area (Å²) >= 11 is 1.50. The minimum Gasteiger partial charge on any atom is -0.380 e. The van der Waals surface area contributed by atoms with Crippen molar-refractivity contribution in [2.45, 2.75) is 6.92 Å². The monoisotopic (exact) mass is 213 g/mol. The second kappa shape index (κ2) is 5.78. The fourth-order valence-electron chi connectivity index (χ4n) is 1.07. The molecule has 78 valence electrons. The summed E-state index contributed by atoms with van der Waals surface area (Å²) in [6.07, 6.45) is 0.880. The number of hydrogen-bond donors (Lipinski definition) is 0. The predicted octanol–water partition coefficient (Wildman–Crippen LogP) is 2.03. The van der Waals surface area contributed by atoms with Crippen LogP contribution in [0.3, 0.4) is 0 Å². The van der Waals surface area contributed by atoms with Crippen LogP contribution in [0.5, 0.6) is 0 Å². The lowest BCUT2D eigenvalue weighted by molar-refractivity contribution is 0.112. The van der Waals surface area contributed by atoms with Gasteiger partial charge < -0.3 is 9.64 Å². The first-order valence-electron chi connectivity index (χ1n) is 4.61. The molecule has 0 saturated heterocycles. The normalized spacial score (nSPS) is 10.1. The number of rotatable bonds is 6. The van der Waals surface area contributed by atoms with Crippen LogP contribution in [0.1, 0.15) is 16.6 Å². The highest BCUT2D eigenvalue weighted by atomic mass is 32.1. The highest BCUT2D eigenvalue weighted by Gasteiger charge is 2.03. The first-order valence-corrected chi connectivity index (χ1v) is 5.43. The van der Waals surface area contributed by atoms with Crippen molar-refractivity contribution in [3.05, 3.63) is 17.0 Å². The Morgan fingerprint density at radius 3 is 2.93 bits per heavy atom. The summed E-state index contributed by atoms with van der Waals surface area (Å²) in [6, 6.07) is 3.80. The standard InChI is InChI=1S/C10H15NO2S/c1-3-13-7-6-11(2)10-5-4-9(8-12)14-10/h4-5,8H,3,6-7H2,1-2H3. The Morgan fingerprint density at radius 2 is 2.36 bits per heavy atom. The molecule has 0 aliphatic heterocycles. The molecule has 0 aromatic carbocycles. The lowest BCUT2D eigenvalue weighted by Gasteiger charge is -2.16. The molecule has 0 aliphatic rings. The third-order valence-electron chi connectivity index (χ3n) is 1.88. The Kier molecular flexibility index (Phi) is 4.62. The highest BCUT2D eigenvalue weighted by molar-refractivity contribution is 7.17. The van der Waals surface area contributed by atoms with Crippen LogP contribution in [0.15, 0.2) is 12.1 Å². The third-order valence-corrected chi connectivity index (χ3v) is 3.01. The fourth-order valence-corrected chi connectivity index (χ4v) is 1.88. The maximum atomic E-state index is 10.5. The molecule has 0 unspecified atom stereocenters. The molecular weight excluding hydrogens is 198 g/mol. The topological polar surface area (TPSA) is 29.5 Å². The molecule has 1 heterocycles. The number of aldehydes is 1. The van der Waals surface area contributed by atoms with E-state index in [9.17, 15) is 4.79 Å². The first-order chi connectivity index (χ1) is 6.77. The molecule has 0 fully saturated rings. The Morgan fingerprint density at radius 1 is 1.57 bits per heavy atom. The van der Waals surface area contributed by atoms with Crippen LogP contribution in [0, 0.1) is 0 Å². The molecule has 4 heteroatoms. The smallest absolute Gasteiger partial charge is 0.160 e. The fraction of sp³-hybridized carbons (Fsp3) is 0.500. The van der Waals surface area contributed by atoms with Gasteiger partial charge in [-0.15, -0.1) is 11.3 Å². The SMILES string of the molecule is CCOCCN(C)c1ccc(C=O)s1. The summed E-state index contributed by atoms with van der Waals surface area (Å²) in [5.41, 5.74) is 0. The Labute approximate surface area is 88.3 Å². The van der Waals surface area contributed by atoms with E-state index in [0.29, 0.717) is 0 Å². The molecule has 1 aromatic heterocycles. The minimum absolute atomic E-state index is 0.724. The van der Waals surface area contributed by atoms with Crippen molar-refractivity contribution < 1.29 is 9.53 Å². The van der Waals surface area contributed by atoms with E-state index in [-0.39, 0.29) is 0 Å². The number of anilines is 1. The van der Waals surface area contributed by atoms with Crippen molar-refractivity contribution in [3.8, 4) is 0 Å². The van der Waals surface area contributed by atoms with Gasteiger partial charge in [-0.1, -0.05) is 0 Å². The number of nitrogens with zero attached hydrogens (tertiary/aromatic N) is 1. The summed E-state index contributed by atoms with van der Waals surface area (Å²) in [5, 5.41) is 1.10. The van der Waals surface area contributed by atoms with E-state index in [4.69, 9.17) is 4.74 Å². The van der Waals surface area contributed by atoms with Crippen molar-refractivity contribution in [1.82, 2.24) is 0 Å². The van der Waals surface area contributed by atoms with Gasteiger partial charge in [-0.05, 0) is 19.1 Å². The van der Waals surface area contributed by atoms with Crippen molar-refractivity contribution in [2.24, 2.45) is 0 Å². The van der Waals surface area contributed by atoms with Gasteiger partial charge in [0.2, 0.25) is 0 Å². The van der Waals surface area contributed by atoms with E-state index in [1.807, 2.05) is 26.1 Å². The molecule has 0 aliphatic carbocycles. The summed E-state index contributed by atoms with van der Waals surface area (Å²) in [4.78, 5) is 13.3. The van der Waals surface area contributed by atoms with Crippen molar-refractivity contribution in [1.29, 1.82) is 0 Å². The van der Waals surface area contributed by atoms with Gasteiger partial charge in [0.1, 0.15) is 0 Å². The van der Waals surface area contributed by atoms with Gasteiger partial charge in [0, 0.05) is 20.2 Å². The van der Waals surface area contributed by atoms with Gasteiger partial charge in [0.25, 0.3) is 0 Å². The van der Waals surface area contributed by atoms with Crippen LogP contribution in [-0.2, 0) is 4.74 Å². The molecule has 1 aromatic rings. The molecule has 14 heavy (non-hydrogen) atoms.